The average Bonchev–Trinajstić information content (AvgIpc) is 2.97. The highest BCUT2D eigenvalue weighted by Crippen LogP contribution is 2.33. The van der Waals surface area contributed by atoms with Crippen molar-refractivity contribution < 1.29 is 0 Å². The maximum Gasteiger partial charge on any atom is 0.0538 e. The maximum absolute atomic E-state index is 6.09. The molecule has 0 amide bonds. The second-order valence-electron chi connectivity index (χ2n) is 6.61. The lowest BCUT2D eigenvalue weighted by Gasteiger charge is -2.47. The monoisotopic (exact) mass is 291 g/mol. The van der Waals surface area contributed by atoms with Crippen molar-refractivity contribution in [1.82, 2.24) is 19.6 Å². The van der Waals surface area contributed by atoms with E-state index in [2.05, 4.69) is 35.1 Å². The van der Waals surface area contributed by atoms with E-state index in [9.17, 15) is 0 Å². The molecule has 118 valence electrons. The zero-order chi connectivity index (χ0) is 14.8. The highest BCUT2D eigenvalue weighted by atomic mass is 15.3. The van der Waals surface area contributed by atoms with Crippen LogP contribution < -0.4 is 5.73 Å². The number of hydrogen-bond acceptors (Lipinski definition) is 4. The predicted molar refractivity (Wildman–Crippen MR) is 85.0 cm³/mol. The van der Waals surface area contributed by atoms with Crippen LogP contribution in [0.1, 0.15) is 37.8 Å². The molecule has 0 radical (unpaired) electrons. The Labute approximate surface area is 128 Å². The molecule has 5 nitrogen and oxygen atoms in total. The summed E-state index contributed by atoms with van der Waals surface area (Å²) in [6.07, 6.45) is 8.15. The Bertz CT molecular complexity index is 457. The van der Waals surface area contributed by atoms with Crippen LogP contribution in [0, 0.1) is 5.92 Å². The summed E-state index contributed by atoms with van der Waals surface area (Å²) in [6, 6.07) is 1.12. The van der Waals surface area contributed by atoms with Gasteiger partial charge in [0.05, 0.1) is 12.2 Å². The van der Waals surface area contributed by atoms with E-state index in [0.717, 1.165) is 25.0 Å². The van der Waals surface area contributed by atoms with Crippen LogP contribution >= 0.6 is 0 Å². The molecule has 3 rings (SSSR count). The number of likely N-dealkylation sites (tertiary alicyclic amines) is 2. The molecule has 1 aromatic heterocycles. The van der Waals surface area contributed by atoms with Crippen LogP contribution in [-0.2, 0) is 6.54 Å². The van der Waals surface area contributed by atoms with Gasteiger partial charge in [-0.15, -0.1) is 0 Å². The van der Waals surface area contributed by atoms with Crippen molar-refractivity contribution in [3.8, 4) is 0 Å². The number of hydrogen-bond donors (Lipinski definition) is 1. The Morgan fingerprint density at radius 1 is 1.38 bits per heavy atom. The highest BCUT2D eigenvalue weighted by Gasteiger charge is 2.36. The summed E-state index contributed by atoms with van der Waals surface area (Å²) in [7, 11) is 2.29. The number of nitrogens with two attached hydrogens (primary N) is 1. The molecule has 0 bridgehead atoms. The number of aryl methyl sites for hydroxylation is 1. The molecule has 2 saturated heterocycles. The summed E-state index contributed by atoms with van der Waals surface area (Å²) < 4.78 is 2.00. The SMILES string of the molecule is CCn1cc(C(CN)N2CCC3C(CCCN3C)C2)cn1. The van der Waals surface area contributed by atoms with Crippen molar-refractivity contribution >= 4 is 0 Å². The molecule has 3 unspecified atom stereocenters. The molecule has 0 saturated carbocycles. The zero-order valence-electron chi connectivity index (χ0n) is 13.4. The molecule has 21 heavy (non-hydrogen) atoms. The zero-order valence-corrected chi connectivity index (χ0v) is 13.4. The summed E-state index contributed by atoms with van der Waals surface area (Å²) in [4.78, 5) is 5.16. The van der Waals surface area contributed by atoms with Gasteiger partial charge in [0.15, 0.2) is 0 Å². The van der Waals surface area contributed by atoms with Crippen molar-refractivity contribution in [2.75, 3.05) is 33.2 Å². The molecule has 0 aromatic carbocycles. The standard InChI is InChI=1S/C16H29N5/c1-3-21-12-14(10-18-21)16(9-17)20-8-6-15-13(11-20)5-4-7-19(15)2/h10,12-13,15-16H,3-9,11,17H2,1-2H3. The number of rotatable bonds is 4. The van der Waals surface area contributed by atoms with E-state index < -0.39 is 0 Å². The first-order valence-electron chi connectivity index (χ1n) is 8.39. The molecular weight excluding hydrogens is 262 g/mol. The van der Waals surface area contributed by atoms with E-state index in [4.69, 9.17) is 5.73 Å². The summed E-state index contributed by atoms with van der Waals surface area (Å²) in [5.74, 6) is 0.813. The lowest BCUT2D eigenvalue weighted by Crippen LogP contribution is -2.53. The van der Waals surface area contributed by atoms with Crippen molar-refractivity contribution in [3.63, 3.8) is 0 Å². The van der Waals surface area contributed by atoms with Gasteiger partial charge in [0.1, 0.15) is 0 Å². The molecule has 3 atom stereocenters. The quantitative estimate of drug-likeness (QED) is 0.909. The normalized spacial score (nSPS) is 29.3. The van der Waals surface area contributed by atoms with E-state index in [1.54, 1.807) is 0 Å². The summed E-state index contributed by atoms with van der Waals surface area (Å²) in [5, 5.41) is 4.42. The van der Waals surface area contributed by atoms with Gasteiger partial charge in [-0.25, -0.2) is 0 Å². The van der Waals surface area contributed by atoms with Gasteiger partial charge in [-0.05, 0) is 45.7 Å². The van der Waals surface area contributed by atoms with Crippen molar-refractivity contribution in [2.45, 2.75) is 44.8 Å². The molecular formula is C16H29N5. The van der Waals surface area contributed by atoms with Gasteiger partial charge in [-0.1, -0.05) is 0 Å². The van der Waals surface area contributed by atoms with E-state index in [0.29, 0.717) is 12.6 Å². The molecule has 2 fully saturated rings. The molecule has 1 aromatic rings. The molecule has 2 aliphatic rings. The second kappa shape index (κ2) is 6.46. The third-order valence-electron chi connectivity index (χ3n) is 5.40. The number of aromatic nitrogens is 2. The third kappa shape index (κ3) is 3.00. The molecule has 0 aliphatic carbocycles. The van der Waals surface area contributed by atoms with Gasteiger partial charge in [0, 0.05) is 44.0 Å². The first-order chi connectivity index (χ1) is 10.2. The van der Waals surface area contributed by atoms with Gasteiger partial charge in [-0.3, -0.25) is 9.58 Å². The Balaban J connectivity index is 1.70. The molecule has 2 N–H and O–H groups in total. The van der Waals surface area contributed by atoms with Gasteiger partial charge in [-0.2, -0.15) is 5.10 Å². The highest BCUT2D eigenvalue weighted by molar-refractivity contribution is 5.12. The fourth-order valence-electron chi connectivity index (χ4n) is 4.18. The maximum atomic E-state index is 6.09. The average molecular weight is 291 g/mol. The Hall–Kier alpha value is -0.910. The second-order valence-corrected chi connectivity index (χ2v) is 6.61. The van der Waals surface area contributed by atoms with Crippen molar-refractivity contribution in [3.05, 3.63) is 18.0 Å². The first kappa shape index (κ1) is 15.0. The lowest BCUT2D eigenvalue weighted by molar-refractivity contribution is 0.0211. The molecule has 5 heteroatoms. The molecule has 3 heterocycles. The van der Waals surface area contributed by atoms with Crippen LogP contribution in [0.2, 0.25) is 0 Å². The van der Waals surface area contributed by atoms with Gasteiger partial charge in [0.25, 0.3) is 0 Å². The van der Waals surface area contributed by atoms with Crippen LogP contribution in [0.3, 0.4) is 0 Å². The van der Waals surface area contributed by atoms with Crippen molar-refractivity contribution in [1.29, 1.82) is 0 Å². The fraction of sp³-hybridized carbons (Fsp3) is 0.812. The number of fused-ring (bicyclic) bond motifs is 1. The fourth-order valence-corrected chi connectivity index (χ4v) is 4.18. The Kier molecular flexibility index (Phi) is 4.62. The summed E-state index contributed by atoms with van der Waals surface area (Å²) >= 11 is 0. The van der Waals surface area contributed by atoms with Crippen LogP contribution in [-0.4, -0.2) is 58.8 Å². The predicted octanol–water partition coefficient (Wildman–Crippen LogP) is 1.32. The minimum atomic E-state index is 0.332. The summed E-state index contributed by atoms with van der Waals surface area (Å²) in [5.41, 5.74) is 7.37. The van der Waals surface area contributed by atoms with Crippen molar-refractivity contribution in [2.24, 2.45) is 11.7 Å². The first-order valence-corrected chi connectivity index (χ1v) is 8.39. The van der Waals surface area contributed by atoms with Gasteiger partial charge in [0.2, 0.25) is 0 Å². The topological polar surface area (TPSA) is 50.3 Å². The minimum absolute atomic E-state index is 0.332. The Morgan fingerprint density at radius 3 is 2.95 bits per heavy atom. The number of nitrogens with zero attached hydrogens (tertiary/aromatic N) is 4. The molecule has 2 aliphatic heterocycles. The third-order valence-corrected chi connectivity index (χ3v) is 5.40. The van der Waals surface area contributed by atoms with Crippen LogP contribution in [0.5, 0.6) is 0 Å². The van der Waals surface area contributed by atoms with Gasteiger partial charge >= 0.3 is 0 Å². The van der Waals surface area contributed by atoms with E-state index >= 15 is 0 Å². The Morgan fingerprint density at radius 2 is 2.24 bits per heavy atom. The largest absolute Gasteiger partial charge is 0.329 e. The van der Waals surface area contributed by atoms with Crippen LogP contribution in [0.25, 0.3) is 0 Å². The van der Waals surface area contributed by atoms with Crippen LogP contribution in [0.15, 0.2) is 12.4 Å². The van der Waals surface area contributed by atoms with E-state index in [1.807, 2.05) is 10.9 Å². The van der Waals surface area contributed by atoms with Crippen LogP contribution in [0.4, 0.5) is 0 Å². The number of piperidine rings is 2. The van der Waals surface area contributed by atoms with Gasteiger partial charge < -0.3 is 10.6 Å². The molecule has 0 spiro atoms. The summed E-state index contributed by atoms with van der Waals surface area (Å²) in [6.45, 7) is 7.34. The smallest absolute Gasteiger partial charge is 0.0538 e. The minimum Gasteiger partial charge on any atom is -0.329 e. The lowest BCUT2D eigenvalue weighted by atomic mass is 9.83. The van der Waals surface area contributed by atoms with E-state index in [-0.39, 0.29) is 0 Å². The van der Waals surface area contributed by atoms with E-state index in [1.165, 1.54) is 37.9 Å².